The van der Waals surface area contributed by atoms with Crippen LogP contribution in [-0.2, 0) is 4.74 Å². The van der Waals surface area contributed by atoms with E-state index < -0.39 is 12.4 Å². The molecule has 14 heavy (non-hydrogen) atoms. The third kappa shape index (κ3) is 3.03. The zero-order valence-corrected chi connectivity index (χ0v) is 8.18. The Hall–Kier alpha value is -0.485. The fourth-order valence-electron chi connectivity index (χ4n) is 1.52. The molecule has 0 aliphatic carbocycles. The number of halogens is 3. The van der Waals surface area contributed by atoms with E-state index in [0.29, 0.717) is 13.1 Å². The largest absolute Gasteiger partial charge is 0.506 e. The normalized spacial score (nSPS) is 24.1. The molecule has 0 bridgehead atoms. The molecule has 0 spiro atoms. The van der Waals surface area contributed by atoms with Crippen LogP contribution in [0, 0.1) is 0 Å². The minimum atomic E-state index is -4.89. The molecule has 2 nitrogen and oxygen atoms in total. The molecule has 0 aromatic heterocycles. The van der Waals surface area contributed by atoms with E-state index in [1.807, 2.05) is 0 Å². The smallest absolute Gasteiger partial charge is 0.445 e. The van der Waals surface area contributed by atoms with Crippen LogP contribution in [0.3, 0.4) is 0 Å². The highest BCUT2D eigenvalue weighted by atomic mass is 19.4. The van der Waals surface area contributed by atoms with Gasteiger partial charge in [-0.2, -0.15) is 0 Å². The third-order valence-electron chi connectivity index (χ3n) is 2.45. The quantitative estimate of drug-likeness (QED) is 0.651. The van der Waals surface area contributed by atoms with E-state index in [1.54, 1.807) is 12.0 Å². The van der Waals surface area contributed by atoms with Gasteiger partial charge in [-0.15, -0.1) is 12.1 Å². The van der Waals surface area contributed by atoms with Crippen molar-refractivity contribution in [2.24, 2.45) is 0 Å². The number of rotatable bonds is 4. The average Bonchev–Trinajstić information content (AvgIpc) is 2.50. The predicted molar refractivity (Wildman–Crippen MR) is 50.1 cm³/mol. The summed E-state index contributed by atoms with van der Waals surface area (Å²) in [5.74, 6) is 0. The first-order chi connectivity index (χ1) is 6.43. The Morgan fingerprint density at radius 2 is 2.21 bits per heavy atom. The number of likely N-dealkylation sites (tertiary alicyclic amines) is 1. The molecule has 1 aliphatic rings. The molecule has 1 saturated heterocycles. The Morgan fingerprint density at radius 3 is 2.64 bits per heavy atom. The minimum absolute atomic E-state index is 0.0727. The van der Waals surface area contributed by atoms with Crippen LogP contribution in [0.2, 0.25) is 0 Å². The van der Waals surface area contributed by atoms with Crippen LogP contribution in [0.15, 0.2) is 12.1 Å². The van der Waals surface area contributed by atoms with Crippen molar-refractivity contribution in [2.75, 3.05) is 26.7 Å². The highest BCUT2D eigenvalue weighted by Crippen LogP contribution is 2.21. The van der Waals surface area contributed by atoms with E-state index >= 15 is 0 Å². The van der Waals surface area contributed by atoms with Gasteiger partial charge in [-0.1, -0.05) is 0 Å². The summed E-state index contributed by atoms with van der Waals surface area (Å²) in [7, 11) is 1.58. The second kappa shape index (κ2) is 4.36. The van der Waals surface area contributed by atoms with Crippen molar-refractivity contribution in [3.05, 3.63) is 12.1 Å². The van der Waals surface area contributed by atoms with E-state index in [9.17, 15) is 12.9 Å². The van der Waals surface area contributed by atoms with Crippen LogP contribution in [0.4, 0.5) is 12.9 Å². The Morgan fingerprint density at radius 1 is 1.57 bits per heavy atom. The molecule has 0 N–H and O–H groups in total. The zero-order valence-electron chi connectivity index (χ0n) is 8.18. The molecule has 1 atom stereocenters. The third-order valence-corrected chi connectivity index (χ3v) is 2.45. The van der Waals surface area contributed by atoms with Gasteiger partial charge >= 0.3 is 6.98 Å². The second-order valence-corrected chi connectivity index (χ2v) is 3.61. The Balaban J connectivity index is 2.36. The molecule has 1 fully saturated rings. The Labute approximate surface area is 81.8 Å². The predicted octanol–water partition coefficient (Wildman–Crippen LogP) is 1.65. The lowest BCUT2D eigenvalue weighted by Gasteiger charge is -2.23. The monoisotopic (exact) mass is 208 g/mol. The summed E-state index contributed by atoms with van der Waals surface area (Å²) in [6, 6.07) is 0. The zero-order chi connectivity index (χ0) is 10.8. The van der Waals surface area contributed by atoms with Crippen LogP contribution >= 0.6 is 0 Å². The van der Waals surface area contributed by atoms with Gasteiger partial charge in [-0.25, -0.2) is 0 Å². The van der Waals surface area contributed by atoms with Gasteiger partial charge in [0.1, 0.15) is 0 Å². The number of methoxy groups -OCH3 is 1. The van der Waals surface area contributed by atoms with Crippen LogP contribution in [0.5, 0.6) is 0 Å². The number of nitrogens with zero attached hydrogens (tertiary/aromatic N) is 1. The van der Waals surface area contributed by atoms with Crippen LogP contribution in [-0.4, -0.2) is 44.7 Å². The summed E-state index contributed by atoms with van der Waals surface area (Å²) in [4.78, 5) is 1.73. The van der Waals surface area contributed by atoms with E-state index in [-0.39, 0.29) is 12.6 Å². The van der Waals surface area contributed by atoms with Crippen molar-refractivity contribution >= 4 is 6.98 Å². The molecule has 0 aromatic rings. The summed E-state index contributed by atoms with van der Waals surface area (Å²) < 4.78 is 41.6. The Bertz CT molecular complexity index is 219. The first-order valence-corrected chi connectivity index (χ1v) is 4.56. The number of hydrogen-bond donors (Lipinski definition) is 0. The summed E-state index contributed by atoms with van der Waals surface area (Å²) >= 11 is 0. The van der Waals surface area contributed by atoms with Crippen molar-refractivity contribution in [3.63, 3.8) is 0 Å². The van der Waals surface area contributed by atoms with Gasteiger partial charge in [0.15, 0.2) is 0 Å². The SMILES string of the molecule is C=C(CN1CCC(OC)C1)[B-](F)(F)F. The molecule has 0 saturated carbocycles. The summed E-state index contributed by atoms with van der Waals surface area (Å²) in [6.07, 6.45) is 0.873. The van der Waals surface area contributed by atoms with E-state index in [2.05, 4.69) is 6.58 Å². The van der Waals surface area contributed by atoms with Crippen molar-refractivity contribution in [1.29, 1.82) is 0 Å². The van der Waals surface area contributed by atoms with Crippen molar-refractivity contribution in [2.45, 2.75) is 12.5 Å². The van der Waals surface area contributed by atoms with Gasteiger partial charge in [0.2, 0.25) is 0 Å². The molecule has 1 rings (SSSR count). The molecular formula is C8H14BF3NO-. The fourth-order valence-corrected chi connectivity index (χ4v) is 1.52. The molecular weight excluding hydrogens is 194 g/mol. The van der Waals surface area contributed by atoms with Crippen molar-refractivity contribution < 1.29 is 17.7 Å². The first-order valence-electron chi connectivity index (χ1n) is 4.56. The summed E-state index contributed by atoms with van der Waals surface area (Å²) in [6.45, 7) is -0.679. The summed E-state index contributed by atoms with van der Waals surface area (Å²) in [5, 5.41) is 0. The van der Waals surface area contributed by atoms with Crippen LogP contribution in [0.1, 0.15) is 6.42 Å². The molecule has 1 aliphatic heterocycles. The maximum atomic E-state index is 12.2. The van der Waals surface area contributed by atoms with Gasteiger partial charge in [0, 0.05) is 20.2 Å². The summed E-state index contributed by atoms with van der Waals surface area (Å²) in [5.41, 5.74) is -0.623. The molecule has 82 valence electrons. The molecule has 6 heteroatoms. The average molecular weight is 208 g/mol. The van der Waals surface area contributed by atoms with Crippen LogP contribution in [0.25, 0.3) is 0 Å². The van der Waals surface area contributed by atoms with E-state index in [4.69, 9.17) is 4.74 Å². The van der Waals surface area contributed by atoms with Crippen molar-refractivity contribution in [3.8, 4) is 0 Å². The maximum Gasteiger partial charge on any atom is 0.506 e. The standard InChI is InChI=1S/C8H14BF3NO/c1-7(9(10,11)12)5-13-4-3-8(6-13)14-2/h8H,1,3-6H2,2H3/q-1. The van der Waals surface area contributed by atoms with Gasteiger partial charge in [-0.05, 0) is 13.0 Å². The Kier molecular flexibility index (Phi) is 3.61. The lowest BCUT2D eigenvalue weighted by molar-refractivity contribution is 0.109. The van der Waals surface area contributed by atoms with E-state index in [0.717, 1.165) is 6.42 Å². The van der Waals surface area contributed by atoms with Gasteiger partial charge < -0.3 is 17.7 Å². The van der Waals surface area contributed by atoms with Gasteiger partial charge in [0.25, 0.3) is 0 Å². The fraction of sp³-hybridized carbons (Fsp3) is 0.750. The topological polar surface area (TPSA) is 12.5 Å². The highest BCUT2D eigenvalue weighted by Gasteiger charge is 2.30. The molecule has 0 aromatic carbocycles. The van der Waals surface area contributed by atoms with Crippen LogP contribution < -0.4 is 0 Å². The van der Waals surface area contributed by atoms with E-state index in [1.165, 1.54) is 0 Å². The molecule has 1 heterocycles. The van der Waals surface area contributed by atoms with Crippen molar-refractivity contribution in [1.82, 2.24) is 4.90 Å². The highest BCUT2D eigenvalue weighted by molar-refractivity contribution is 6.66. The minimum Gasteiger partial charge on any atom is -0.445 e. The number of hydrogen-bond acceptors (Lipinski definition) is 2. The van der Waals surface area contributed by atoms with Gasteiger partial charge in [-0.3, -0.25) is 4.90 Å². The number of ether oxygens (including phenoxy) is 1. The molecule has 1 unspecified atom stereocenters. The second-order valence-electron chi connectivity index (χ2n) is 3.61. The maximum absolute atomic E-state index is 12.2. The molecule has 0 amide bonds. The lowest BCUT2D eigenvalue weighted by Crippen LogP contribution is -2.32. The molecule has 0 radical (unpaired) electrons. The van der Waals surface area contributed by atoms with Gasteiger partial charge in [0.05, 0.1) is 6.10 Å². The lowest BCUT2D eigenvalue weighted by atomic mass is 9.80. The first kappa shape index (κ1) is 11.6.